The van der Waals surface area contributed by atoms with E-state index in [-0.39, 0.29) is 0 Å². The third kappa shape index (κ3) is 7.23. The highest BCUT2D eigenvalue weighted by atomic mass is 32.1. The number of nitrogens with zero attached hydrogens (tertiary/aromatic N) is 2. The van der Waals surface area contributed by atoms with Gasteiger partial charge in [0.15, 0.2) is 0 Å². The maximum atomic E-state index is 8.52. The first-order valence-corrected chi connectivity index (χ1v) is 6.07. The van der Waals surface area contributed by atoms with Crippen LogP contribution in [-0.4, -0.2) is 29.8 Å². The van der Waals surface area contributed by atoms with Crippen molar-refractivity contribution in [3.05, 3.63) is 0 Å². The Hall–Kier alpha value is -0.200. The molecule has 0 atom stereocenters. The van der Waals surface area contributed by atoms with E-state index in [2.05, 4.69) is 37.4 Å². The molecule has 82 valence electrons. The molecule has 0 fully saturated rings. The monoisotopic (exact) mass is 214 g/mol. The molecule has 0 aromatic carbocycles. The standard InChI is InChI=1S/C11H22N2S/c1-11(2)13(9-6-7-12)8-4-3-5-10-14/h11,14H,3-6,8-10H2,1-2H3. The van der Waals surface area contributed by atoms with Gasteiger partial charge in [0.2, 0.25) is 0 Å². The van der Waals surface area contributed by atoms with Crippen LogP contribution in [0.15, 0.2) is 0 Å². The topological polar surface area (TPSA) is 27.0 Å². The average Bonchev–Trinajstić information content (AvgIpc) is 2.16. The highest BCUT2D eigenvalue weighted by Gasteiger charge is 2.07. The van der Waals surface area contributed by atoms with Crippen LogP contribution >= 0.6 is 12.6 Å². The van der Waals surface area contributed by atoms with Gasteiger partial charge in [-0.15, -0.1) is 0 Å². The van der Waals surface area contributed by atoms with E-state index in [0.29, 0.717) is 12.5 Å². The summed E-state index contributed by atoms with van der Waals surface area (Å²) < 4.78 is 0. The zero-order chi connectivity index (χ0) is 10.8. The number of nitriles is 1. The Morgan fingerprint density at radius 1 is 1.21 bits per heavy atom. The second kappa shape index (κ2) is 9.36. The van der Waals surface area contributed by atoms with Crippen molar-refractivity contribution in [3.8, 4) is 6.07 Å². The number of hydrogen-bond donors (Lipinski definition) is 1. The first-order valence-electron chi connectivity index (χ1n) is 5.44. The summed E-state index contributed by atoms with van der Waals surface area (Å²) in [5, 5.41) is 8.52. The predicted molar refractivity (Wildman–Crippen MR) is 64.6 cm³/mol. The molecule has 0 aliphatic carbocycles. The molecule has 0 aliphatic rings. The van der Waals surface area contributed by atoms with Crippen LogP contribution in [0.3, 0.4) is 0 Å². The van der Waals surface area contributed by atoms with Gasteiger partial charge in [-0.2, -0.15) is 17.9 Å². The lowest BCUT2D eigenvalue weighted by atomic mass is 10.2. The molecule has 0 amide bonds. The van der Waals surface area contributed by atoms with Gasteiger partial charge in [0.1, 0.15) is 0 Å². The fraction of sp³-hybridized carbons (Fsp3) is 0.909. The summed E-state index contributed by atoms with van der Waals surface area (Å²) in [7, 11) is 0. The van der Waals surface area contributed by atoms with E-state index < -0.39 is 0 Å². The zero-order valence-corrected chi connectivity index (χ0v) is 10.3. The molecule has 0 N–H and O–H groups in total. The van der Waals surface area contributed by atoms with Gasteiger partial charge in [-0.3, -0.25) is 4.90 Å². The Labute approximate surface area is 93.7 Å². The van der Waals surface area contributed by atoms with Crippen LogP contribution in [0, 0.1) is 11.3 Å². The molecule has 2 nitrogen and oxygen atoms in total. The van der Waals surface area contributed by atoms with Gasteiger partial charge < -0.3 is 0 Å². The second-order valence-corrected chi connectivity index (χ2v) is 4.27. The third-order valence-corrected chi connectivity index (χ3v) is 2.66. The molecule has 3 heteroatoms. The van der Waals surface area contributed by atoms with Crippen molar-refractivity contribution in [2.24, 2.45) is 0 Å². The van der Waals surface area contributed by atoms with Crippen LogP contribution in [0.4, 0.5) is 0 Å². The van der Waals surface area contributed by atoms with Crippen molar-refractivity contribution in [1.82, 2.24) is 4.90 Å². The van der Waals surface area contributed by atoms with Crippen molar-refractivity contribution >= 4 is 12.6 Å². The summed E-state index contributed by atoms with van der Waals surface area (Å²) in [5.74, 6) is 0.986. The predicted octanol–water partition coefficient (Wildman–Crippen LogP) is 2.71. The molecule has 0 spiro atoms. The Kier molecular flexibility index (Phi) is 9.23. The van der Waals surface area contributed by atoms with Crippen LogP contribution in [0.5, 0.6) is 0 Å². The van der Waals surface area contributed by atoms with E-state index >= 15 is 0 Å². The largest absolute Gasteiger partial charge is 0.300 e. The quantitative estimate of drug-likeness (QED) is 0.497. The van der Waals surface area contributed by atoms with E-state index in [1.54, 1.807) is 0 Å². The SMILES string of the molecule is CC(C)N(CCC#N)CCCCCS. The minimum atomic E-state index is 0.555. The van der Waals surface area contributed by atoms with Crippen LogP contribution < -0.4 is 0 Å². The molecular weight excluding hydrogens is 192 g/mol. The summed E-state index contributed by atoms with van der Waals surface area (Å²) in [4.78, 5) is 2.38. The van der Waals surface area contributed by atoms with E-state index in [9.17, 15) is 0 Å². The molecule has 0 rings (SSSR count). The summed E-state index contributed by atoms with van der Waals surface area (Å²) in [6, 6.07) is 2.76. The van der Waals surface area contributed by atoms with Crippen molar-refractivity contribution in [3.63, 3.8) is 0 Å². The smallest absolute Gasteiger partial charge is 0.0635 e. The molecule has 0 aliphatic heterocycles. The maximum Gasteiger partial charge on any atom is 0.0635 e. The fourth-order valence-electron chi connectivity index (χ4n) is 1.43. The average molecular weight is 214 g/mol. The Balaban J connectivity index is 3.58. The van der Waals surface area contributed by atoms with Crippen LogP contribution in [0.2, 0.25) is 0 Å². The highest BCUT2D eigenvalue weighted by Crippen LogP contribution is 2.04. The minimum absolute atomic E-state index is 0.555. The molecule has 0 unspecified atom stereocenters. The van der Waals surface area contributed by atoms with Crippen molar-refractivity contribution in [2.75, 3.05) is 18.8 Å². The van der Waals surface area contributed by atoms with Crippen LogP contribution in [0.25, 0.3) is 0 Å². The number of hydrogen-bond acceptors (Lipinski definition) is 3. The molecule has 0 bridgehead atoms. The normalized spacial score (nSPS) is 10.9. The van der Waals surface area contributed by atoms with E-state index in [4.69, 9.17) is 5.26 Å². The van der Waals surface area contributed by atoms with Gasteiger partial charge >= 0.3 is 0 Å². The number of thiol groups is 1. The Morgan fingerprint density at radius 2 is 1.93 bits per heavy atom. The van der Waals surface area contributed by atoms with Gasteiger partial charge in [-0.05, 0) is 39.0 Å². The maximum absolute atomic E-state index is 8.52. The zero-order valence-electron chi connectivity index (χ0n) is 9.37. The fourth-order valence-corrected chi connectivity index (χ4v) is 1.65. The lowest BCUT2D eigenvalue weighted by Gasteiger charge is -2.25. The molecule has 0 aromatic heterocycles. The number of rotatable bonds is 8. The van der Waals surface area contributed by atoms with Gasteiger partial charge in [0, 0.05) is 19.0 Å². The Bertz CT molecular complexity index is 163. The first-order chi connectivity index (χ1) is 6.72. The molecule has 14 heavy (non-hydrogen) atoms. The molecule has 0 saturated heterocycles. The summed E-state index contributed by atoms with van der Waals surface area (Å²) in [5.41, 5.74) is 0. The lowest BCUT2D eigenvalue weighted by Crippen LogP contribution is -2.32. The van der Waals surface area contributed by atoms with Gasteiger partial charge in [-0.1, -0.05) is 6.42 Å². The molecular formula is C11H22N2S. The van der Waals surface area contributed by atoms with E-state index in [1.165, 1.54) is 19.3 Å². The second-order valence-electron chi connectivity index (χ2n) is 3.82. The van der Waals surface area contributed by atoms with Gasteiger partial charge in [0.25, 0.3) is 0 Å². The lowest BCUT2D eigenvalue weighted by molar-refractivity contribution is 0.222. The van der Waals surface area contributed by atoms with Crippen LogP contribution in [0.1, 0.15) is 39.5 Å². The van der Waals surface area contributed by atoms with Crippen molar-refractivity contribution in [1.29, 1.82) is 5.26 Å². The van der Waals surface area contributed by atoms with Crippen molar-refractivity contribution < 1.29 is 0 Å². The summed E-state index contributed by atoms with van der Waals surface area (Å²) >= 11 is 4.19. The highest BCUT2D eigenvalue weighted by molar-refractivity contribution is 7.80. The van der Waals surface area contributed by atoms with Gasteiger partial charge in [0.05, 0.1) is 6.07 Å². The third-order valence-electron chi connectivity index (χ3n) is 2.34. The minimum Gasteiger partial charge on any atom is -0.300 e. The van der Waals surface area contributed by atoms with Crippen molar-refractivity contribution in [2.45, 2.75) is 45.6 Å². The van der Waals surface area contributed by atoms with E-state index in [0.717, 1.165) is 18.8 Å². The first kappa shape index (κ1) is 13.8. The molecule has 0 radical (unpaired) electrons. The molecule has 0 heterocycles. The van der Waals surface area contributed by atoms with Crippen LogP contribution in [-0.2, 0) is 0 Å². The summed E-state index contributed by atoms with van der Waals surface area (Å²) in [6.45, 7) is 6.41. The number of unbranched alkanes of at least 4 members (excludes halogenated alkanes) is 2. The van der Waals surface area contributed by atoms with E-state index in [1.807, 2.05) is 0 Å². The molecule has 0 saturated carbocycles. The van der Waals surface area contributed by atoms with Gasteiger partial charge in [-0.25, -0.2) is 0 Å². The Morgan fingerprint density at radius 3 is 2.43 bits per heavy atom. The molecule has 0 aromatic rings. The summed E-state index contributed by atoms with van der Waals surface area (Å²) in [6.07, 6.45) is 4.32.